The van der Waals surface area contributed by atoms with Crippen molar-refractivity contribution < 1.29 is 32.0 Å². The molecule has 6 N–H and O–H groups in total. The van der Waals surface area contributed by atoms with Crippen LogP contribution in [0, 0.1) is 0 Å². The van der Waals surface area contributed by atoms with Gasteiger partial charge in [0.15, 0.2) is 0 Å². The maximum atomic E-state index is 9.03. The van der Waals surface area contributed by atoms with E-state index >= 15 is 0 Å². The Hall–Kier alpha value is -0.240. The molecule has 0 fully saturated rings. The number of hydrogen-bond donors (Lipinski definition) is 6. The molecule has 0 amide bonds. The van der Waals surface area contributed by atoms with Gasteiger partial charge in [-0.3, -0.25) is 0 Å². The van der Waals surface area contributed by atoms with Crippen molar-refractivity contribution in [3.63, 3.8) is 0 Å². The number of aliphatic hydroxyl groups excluding tert-OH is 5. The summed E-state index contributed by atoms with van der Waals surface area (Å²) < 4.78 is 6.88. The summed E-state index contributed by atoms with van der Waals surface area (Å²) in [6.45, 7) is -1.91. The number of hydrogen-bond acceptors (Lipinski definition) is 6. The lowest BCUT2D eigenvalue weighted by Crippen LogP contribution is -2.46. The van der Waals surface area contributed by atoms with Crippen LogP contribution >= 0.6 is 0 Å². The van der Waals surface area contributed by atoms with Crippen molar-refractivity contribution in [3.8, 4) is 0 Å². The topological polar surface area (TPSA) is 121 Å². The minimum absolute atomic E-state index is 0.820. The van der Waals surface area contributed by atoms with Crippen molar-refractivity contribution in [1.29, 1.82) is 0 Å². The Morgan fingerprint density at radius 3 is 1.75 bits per heavy atom. The van der Waals surface area contributed by atoms with Crippen LogP contribution in [-0.4, -0.2) is 68.2 Å². The van der Waals surface area contributed by atoms with Crippen LogP contribution in [0.4, 0.5) is 0 Å². The minimum Gasteiger partial charge on any atom is -0.394 e. The first-order chi connectivity index (χ1) is 5.86. The average Bonchev–Trinajstić information content (AvgIpc) is 2.14. The van der Waals surface area contributed by atoms with Crippen LogP contribution < -0.4 is 0 Å². The fourth-order valence-corrected chi connectivity index (χ4v) is 0.609. The molecule has 0 aromatic heterocycles. The maximum absolute atomic E-state index is 9.03. The minimum atomic E-state index is -2.66. The smallest absolute Gasteiger partial charge is 0.111 e. The number of aliphatic hydroxyl groups is 6. The summed E-state index contributed by atoms with van der Waals surface area (Å²) in [7, 11) is 0. The molecule has 0 bridgehead atoms. The summed E-state index contributed by atoms with van der Waals surface area (Å²) in [6, 6.07) is 0. The van der Waals surface area contributed by atoms with Gasteiger partial charge in [0.25, 0.3) is 0 Å². The van der Waals surface area contributed by atoms with E-state index in [-0.39, 0.29) is 0 Å². The summed E-state index contributed by atoms with van der Waals surface area (Å²) in [5, 5.41) is 52.6. The molecule has 0 saturated heterocycles. The Balaban J connectivity index is 4.32. The van der Waals surface area contributed by atoms with Gasteiger partial charge in [0.1, 0.15) is 24.4 Å². The van der Waals surface area contributed by atoms with Crippen LogP contribution in [0.1, 0.15) is 1.37 Å². The van der Waals surface area contributed by atoms with Crippen molar-refractivity contribution in [1.82, 2.24) is 0 Å². The first-order valence-corrected chi connectivity index (χ1v) is 3.35. The van der Waals surface area contributed by atoms with Gasteiger partial charge in [0.05, 0.1) is 14.6 Å². The third-order valence-corrected chi connectivity index (χ3v) is 1.41. The molecule has 0 saturated carbocycles. The lowest BCUT2D eigenvalue weighted by Gasteiger charge is -2.24. The van der Waals surface area contributed by atoms with Crippen molar-refractivity contribution in [2.75, 3.05) is 13.2 Å². The van der Waals surface area contributed by atoms with Crippen molar-refractivity contribution in [2.45, 2.75) is 24.4 Å². The lowest BCUT2D eigenvalue weighted by molar-refractivity contribution is -0.123. The third-order valence-electron chi connectivity index (χ3n) is 1.41. The lowest BCUT2D eigenvalue weighted by atomic mass is 10.0. The summed E-state index contributed by atoms with van der Waals surface area (Å²) in [5.41, 5.74) is 0. The quantitative estimate of drug-likeness (QED) is 0.262. The van der Waals surface area contributed by atoms with E-state index in [1.165, 1.54) is 0 Å². The molecule has 0 aliphatic carbocycles. The summed E-state index contributed by atoms with van der Waals surface area (Å²) in [6.07, 6.45) is -8.27. The second-order valence-corrected chi connectivity index (χ2v) is 2.33. The fraction of sp³-hybridized carbons (Fsp3) is 1.00. The van der Waals surface area contributed by atoms with Gasteiger partial charge in [-0.25, -0.2) is 0 Å². The zero-order valence-corrected chi connectivity index (χ0v) is 6.33. The molecule has 0 spiro atoms. The molecule has 4 atom stereocenters. The van der Waals surface area contributed by atoms with E-state index in [1.54, 1.807) is 0 Å². The molecule has 0 aromatic rings. The van der Waals surface area contributed by atoms with Crippen molar-refractivity contribution >= 4 is 0 Å². The zero-order chi connectivity index (χ0) is 10.6. The highest BCUT2D eigenvalue weighted by molar-refractivity contribution is 4.79. The molecular weight excluding hydrogens is 168 g/mol. The molecule has 6 nitrogen and oxygen atoms in total. The molecule has 6 heteroatoms. The highest BCUT2D eigenvalue weighted by Gasteiger charge is 2.29. The predicted octanol–water partition coefficient (Wildman–Crippen LogP) is -3.59. The van der Waals surface area contributed by atoms with Crippen LogP contribution in [-0.2, 0) is 0 Å². The maximum Gasteiger partial charge on any atom is 0.111 e. The molecule has 0 aliphatic rings. The van der Waals surface area contributed by atoms with Gasteiger partial charge in [0.2, 0.25) is 0 Å². The average molecular weight is 183 g/mol. The van der Waals surface area contributed by atoms with E-state index < -0.39 is 37.6 Å². The van der Waals surface area contributed by atoms with Crippen LogP contribution in [0.15, 0.2) is 0 Å². The Kier molecular flexibility index (Phi) is 4.44. The molecule has 0 aromatic carbocycles. The van der Waals surface area contributed by atoms with Gasteiger partial charge in [-0.1, -0.05) is 0 Å². The van der Waals surface area contributed by atoms with E-state index in [0.717, 1.165) is 0 Å². The van der Waals surface area contributed by atoms with Crippen LogP contribution in [0.3, 0.4) is 0 Å². The summed E-state index contributed by atoms with van der Waals surface area (Å²) in [5.74, 6) is 0. The van der Waals surface area contributed by atoms with E-state index in [9.17, 15) is 0 Å². The fourth-order valence-electron chi connectivity index (χ4n) is 0.609. The SMILES string of the molecule is [2H][C@@](O)(CO)[C@@H](O)[C@H](O)[C@H](O)CO. The van der Waals surface area contributed by atoms with Gasteiger partial charge in [-0.15, -0.1) is 0 Å². The normalized spacial score (nSPS) is 25.3. The van der Waals surface area contributed by atoms with Gasteiger partial charge in [0, 0.05) is 0 Å². The Labute approximate surface area is 70.7 Å². The van der Waals surface area contributed by atoms with Crippen molar-refractivity contribution in [2.24, 2.45) is 0 Å². The van der Waals surface area contributed by atoms with Crippen LogP contribution in [0.5, 0.6) is 0 Å². The van der Waals surface area contributed by atoms with Crippen molar-refractivity contribution in [3.05, 3.63) is 0 Å². The summed E-state index contributed by atoms with van der Waals surface area (Å²) >= 11 is 0. The molecule has 0 unspecified atom stereocenters. The van der Waals surface area contributed by atoms with Gasteiger partial charge in [-0.05, 0) is 0 Å². The van der Waals surface area contributed by atoms with E-state index in [4.69, 9.17) is 32.0 Å². The molecular formula is C6H14O6. The zero-order valence-electron chi connectivity index (χ0n) is 7.33. The Morgan fingerprint density at radius 1 is 0.917 bits per heavy atom. The second kappa shape index (κ2) is 5.41. The summed E-state index contributed by atoms with van der Waals surface area (Å²) in [4.78, 5) is 0. The highest BCUT2D eigenvalue weighted by Crippen LogP contribution is 2.03. The second-order valence-electron chi connectivity index (χ2n) is 2.33. The molecule has 74 valence electrons. The van der Waals surface area contributed by atoms with Gasteiger partial charge < -0.3 is 30.6 Å². The number of rotatable bonds is 5. The molecule has 0 radical (unpaired) electrons. The molecule has 0 rings (SSSR count). The Morgan fingerprint density at radius 2 is 1.42 bits per heavy atom. The molecule has 0 heterocycles. The standard InChI is InChI=1S/C6H14O6/c7-1-3(9)5(11)6(12)4(10)2-8/h3-12H,1-2H2/t3-,4-,5-,6-/m1/s1/i3D. The Bertz CT molecular complexity index is 152. The third kappa shape index (κ3) is 3.02. The van der Waals surface area contributed by atoms with Crippen LogP contribution in [0.25, 0.3) is 0 Å². The molecule has 0 aliphatic heterocycles. The highest BCUT2D eigenvalue weighted by atomic mass is 16.4. The van der Waals surface area contributed by atoms with E-state index in [0.29, 0.717) is 0 Å². The van der Waals surface area contributed by atoms with Gasteiger partial charge in [-0.2, -0.15) is 0 Å². The predicted molar refractivity (Wildman–Crippen MR) is 38.2 cm³/mol. The molecule has 12 heavy (non-hydrogen) atoms. The van der Waals surface area contributed by atoms with Crippen LogP contribution in [0.2, 0.25) is 0 Å². The monoisotopic (exact) mass is 183 g/mol. The van der Waals surface area contributed by atoms with E-state index in [1.807, 2.05) is 0 Å². The largest absolute Gasteiger partial charge is 0.394 e. The van der Waals surface area contributed by atoms with E-state index in [2.05, 4.69) is 0 Å². The first-order valence-electron chi connectivity index (χ1n) is 3.85. The first kappa shape index (κ1) is 9.85. The van der Waals surface area contributed by atoms with Gasteiger partial charge >= 0.3 is 0 Å².